The summed E-state index contributed by atoms with van der Waals surface area (Å²) in [4.78, 5) is 4.41. The number of ether oxygens (including phenoxy) is 1. The first-order valence-electron chi connectivity index (χ1n) is 5.68. The number of halogens is 1. The average Bonchev–Trinajstić information content (AvgIpc) is 2.83. The van der Waals surface area contributed by atoms with Crippen LogP contribution in [0.5, 0.6) is 5.75 Å². The lowest BCUT2D eigenvalue weighted by Gasteiger charge is -2.05. The van der Waals surface area contributed by atoms with Crippen molar-refractivity contribution in [3.8, 4) is 17.2 Å². The molecule has 1 heterocycles. The van der Waals surface area contributed by atoms with E-state index in [1.54, 1.807) is 25.3 Å². The predicted octanol–water partition coefficient (Wildman–Crippen LogP) is 3.74. The Balaban J connectivity index is 2.22. The number of nitrogens with two attached hydrogens (primary N) is 1. The number of aromatic nitrogens is 1. The maximum atomic E-state index is 5.94. The molecule has 0 aliphatic heterocycles. The predicted molar refractivity (Wildman–Crippen MR) is 75.4 cm³/mol. The van der Waals surface area contributed by atoms with Crippen LogP contribution in [0, 0.1) is 0 Å². The normalized spacial score (nSPS) is 10.8. The van der Waals surface area contributed by atoms with E-state index in [1.807, 2.05) is 18.2 Å². The first kappa shape index (κ1) is 11.9. The molecule has 0 saturated heterocycles. The number of fused-ring (bicyclic) bond motifs is 1. The van der Waals surface area contributed by atoms with Crippen molar-refractivity contribution in [1.29, 1.82) is 0 Å². The molecule has 0 aliphatic carbocycles. The number of nitrogens with zero attached hydrogens (tertiary/aromatic N) is 1. The van der Waals surface area contributed by atoms with Crippen molar-refractivity contribution < 1.29 is 9.15 Å². The van der Waals surface area contributed by atoms with Crippen LogP contribution in [0.1, 0.15) is 0 Å². The van der Waals surface area contributed by atoms with Crippen LogP contribution in [-0.4, -0.2) is 12.1 Å². The fraction of sp³-hybridized carbons (Fsp3) is 0.0714. The second kappa shape index (κ2) is 4.48. The van der Waals surface area contributed by atoms with Crippen LogP contribution < -0.4 is 10.5 Å². The molecule has 5 heteroatoms. The molecule has 3 rings (SSSR count). The molecule has 4 nitrogen and oxygen atoms in total. The molecular formula is C14H11ClN2O2. The minimum Gasteiger partial charge on any atom is -0.496 e. The van der Waals surface area contributed by atoms with Crippen molar-refractivity contribution in [3.05, 3.63) is 41.4 Å². The highest BCUT2D eigenvalue weighted by atomic mass is 35.5. The Bertz CT molecular complexity index is 752. The van der Waals surface area contributed by atoms with Crippen molar-refractivity contribution in [2.24, 2.45) is 0 Å². The van der Waals surface area contributed by atoms with E-state index in [4.69, 9.17) is 26.5 Å². The summed E-state index contributed by atoms with van der Waals surface area (Å²) in [6.07, 6.45) is 0. The Kier molecular flexibility index (Phi) is 2.80. The number of benzene rings is 2. The van der Waals surface area contributed by atoms with Gasteiger partial charge in [-0.15, -0.1) is 0 Å². The van der Waals surface area contributed by atoms with Gasteiger partial charge in [-0.2, -0.15) is 0 Å². The third kappa shape index (κ3) is 2.00. The molecule has 0 atom stereocenters. The number of rotatable bonds is 2. The molecule has 0 spiro atoms. The highest BCUT2D eigenvalue weighted by molar-refractivity contribution is 6.30. The number of methoxy groups -OCH3 is 1. The first-order valence-corrected chi connectivity index (χ1v) is 6.06. The first-order chi connectivity index (χ1) is 9.19. The van der Waals surface area contributed by atoms with Crippen molar-refractivity contribution >= 4 is 28.4 Å². The average molecular weight is 275 g/mol. The number of oxazole rings is 1. The Labute approximate surface area is 114 Å². The van der Waals surface area contributed by atoms with Gasteiger partial charge in [0.15, 0.2) is 5.58 Å². The maximum Gasteiger partial charge on any atom is 0.231 e. The van der Waals surface area contributed by atoms with E-state index >= 15 is 0 Å². The van der Waals surface area contributed by atoms with Gasteiger partial charge in [0.2, 0.25) is 5.89 Å². The second-order valence-electron chi connectivity index (χ2n) is 4.06. The molecule has 19 heavy (non-hydrogen) atoms. The summed E-state index contributed by atoms with van der Waals surface area (Å²) in [6, 6.07) is 10.7. The van der Waals surface area contributed by atoms with E-state index in [1.165, 1.54) is 0 Å². The smallest absolute Gasteiger partial charge is 0.231 e. The minimum atomic E-state index is 0.460. The number of anilines is 1. The Morgan fingerprint density at radius 2 is 2.11 bits per heavy atom. The third-order valence-electron chi connectivity index (χ3n) is 2.84. The monoisotopic (exact) mass is 274 g/mol. The summed E-state index contributed by atoms with van der Waals surface area (Å²) < 4.78 is 11.0. The highest BCUT2D eigenvalue weighted by Gasteiger charge is 2.14. The van der Waals surface area contributed by atoms with Crippen molar-refractivity contribution in [2.45, 2.75) is 0 Å². The molecule has 1 aromatic heterocycles. The highest BCUT2D eigenvalue weighted by Crippen LogP contribution is 2.34. The lowest BCUT2D eigenvalue weighted by Crippen LogP contribution is -1.88. The lowest BCUT2D eigenvalue weighted by molar-refractivity contribution is 0.414. The lowest BCUT2D eigenvalue weighted by atomic mass is 10.2. The van der Waals surface area contributed by atoms with Crippen LogP contribution in [0.15, 0.2) is 40.8 Å². The molecule has 0 radical (unpaired) electrons. The number of para-hydroxylation sites is 1. The summed E-state index contributed by atoms with van der Waals surface area (Å²) in [5.74, 6) is 1.07. The van der Waals surface area contributed by atoms with Crippen LogP contribution in [0.2, 0.25) is 5.02 Å². The Morgan fingerprint density at radius 3 is 2.84 bits per heavy atom. The van der Waals surface area contributed by atoms with Crippen molar-refractivity contribution in [3.63, 3.8) is 0 Å². The van der Waals surface area contributed by atoms with Crippen LogP contribution in [0.25, 0.3) is 22.6 Å². The largest absolute Gasteiger partial charge is 0.496 e. The van der Waals surface area contributed by atoms with Gasteiger partial charge in [0, 0.05) is 5.02 Å². The van der Waals surface area contributed by atoms with Crippen molar-refractivity contribution in [1.82, 2.24) is 4.98 Å². The van der Waals surface area contributed by atoms with Gasteiger partial charge < -0.3 is 14.9 Å². The van der Waals surface area contributed by atoms with Gasteiger partial charge >= 0.3 is 0 Å². The summed E-state index contributed by atoms with van der Waals surface area (Å²) in [7, 11) is 1.58. The molecule has 0 fully saturated rings. The Hall–Kier alpha value is -2.20. The molecule has 2 aromatic carbocycles. The quantitative estimate of drug-likeness (QED) is 0.723. The van der Waals surface area contributed by atoms with Gasteiger partial charge in [-0.1, -0.05) is 17.7 Å². The van der Waals surface area contributed by atoms with Gasteiger partial charge in [0.25, 0.3) is 0 Å². The summed E-state index contributed by atoms with van der Waals surface area (Å²) >= 11 is 5.94. The standard InChI is InChI=1S/C14H11ClN2O2/c1-18-12-7-8(15)5-6-9(12)14-17-13-10(16)3-2-4-11(13)19-14/h2-7H,16H2,1H3. The van der Waals surface area contributed by atoms with E-state index in [9.17, 15) is 0 Å². The summed E-state index contributed by atoms with van der Waals surface area (Å²) in [5.41, 5.74) is 8.48. The number of hydrogen-bond donors (Lipinski definition) is 1. The van der Waals surface area contributed by atoms with Crippen LogP contribution in [-0.2, 0) is 0 Å². The van der Waals surface area contributed by atoms with E-state index in [0.717, 1.165) is 5.56 Å². The van der Waals surface area contributed by atoms with E-state index in [0.29, 0.717) is 33.4 Å². The van der Waals surface area contributed by atoms with Gasteiger partial charge in [-0.3, -0.25) is 0 Å². The molecule has 0 bridgehead atoms. The van der Waals surface area contributed by atoms with Crippen LogP contribution >= 0.6 is 11.6 Å². The van der Waals surface area contributed by atoms with Gasteiger partial charge in [0.05, 0.1) is 18.4 Å². The van der Waals surface area contributed by atoms with E-state index in [2.05, 4.69) is 4.98 Å². The second-order valence-corrected chi connectivity index (χ2v) is 4.49. The van der Waals surface area contributed by atoms with E-state index in [-0.39, 0.29) is 0 Å². The fourth-order valence-electron chi connectivity index (χ4n) is 1.93. The van der Waals surface area contributed by atoms with E-state index < -0.39 is 0 Å². The minimum absolute atomic E-state index is 0.460. The SMILES string of the molecule is COc1cc(Cl)ccc1-c1nc2c(N)cccc2o1. The molecule has 0 amide bonds. The van der Waals surface area contributed by atoms with Crippen LogP contribution in [0.3, 0.4) is 0 Å². The molecule has 96 valence electrons. The van der Waals surface area contributed by atoms with Gasteiger partial charge in [-0.25, -0.2) is 4.98 Å². The third-order valence-corrected chi connectivity index (χ3v) is 3.08. The molecule has 0 unspecified atom stereocenters. The molecule has 3 aromatic rings. The number of hydrogen-bond acceptors (Lipinski definition) is 4. The molecule has 0 saturated carbocycles. The van der Waals surface area contributed by atoms with Crippen LogP contribution in [0.4, 0.5) is 5.69 Å². The molecule has 0 aliphatic rings. The fourth-order valence-corrected chi connectivity index (χ4v) is 2.09. The van der Waals surface area contributed by atoms with Crippen molar-refractivity contribution in [2.75, 3.05) is 12.8 Å². The zero-order chi connectivity index (χ0) is 13.4. The zero-order valence-corrected chi connectivity index (χ0v) is 10.9. The summed E-state index contributed by atoms with van der Waals surface area (Å²) in [5, 5.41) is 0.594. The maximum absolute atomic E-state index is 5.94. The Morgan fingerprint density at radius 1 is 1.26 bits per heavy atom. The molecule has 2 N–H and O–H groups in total. The van der Waals surface area contributed by atoms with Gasteiger partial charge in [0.1, 0.15) is 11.3 Å². The topological polar surface area (TPSA) is 61.3 Å². The number of nitrogen functional groups attached to an aromatic ring is 1. The van der Waals surface area contributed by atoms with Gasteiger partial charge in [-0.05, 0) is 30.3 Å². The summed E-state index contributed by atoms with van der Waals surface area (Å²) in [6.45, 7) is 0. The zero-order valence-electron chi connectivity index (χ0n) is 10.2. The molecular weight excluding hydrogens is 264 g/mol.